The summed E-state index contributed by atoms with van der Waals surface area (Å²) in [6.07, 6.45) is 0. The number of benzene rings is 1. The predicted molar refractivity (Wildman–Crippen MR) is 70.0 cm³/mol. The van der Waals surface area contributed by atoms with Crippen LogP contribution in [0.3, 0.4) is 0 Å². The highest BCUT2D eigenvalue weighted by Gasteiger charge is 2.18. The maximum absolute atomic E-state index is 11.6. The van der Waals surface area contributed by atoms with Gasteiger partial charge < -0.3 is 9.84 Å². The van der Waals surface area contributed by atoms with Gasteiger partial charge in [0.2, 0.25) is 10.0 Å². The van der Waals surface area contributed by atoms with Crippen LogP contribution >= 0.6 is 0 Å². The molecule has 0 atom stereocenters. The van der Waals surface area contributed by atoms with E-state index in [2.05, 4.69) is 4.72 Å². The summed E-state index contributed by atoms with van der Waals surface area (Å²) < 4.78 is 30.7. The molecule has 0 aliphatic heterocycles. The third-order valence-corrected chi connectivity index (χ3v) is 3.74. The number of nitrogens with one attached hydrogen (secondary N) is 1. The van der Waals surface area contributed by atoms with Gasteiger partial charge in [-0.3, -0.25) is 0 Å². The molecule has 1 rings (SSSR count). The average Bonchev–Trinajstić information content (AvgIpc) is 2.35. The molecule has 0 radical (unpaired) electrons. The molecule has 1 aromatic carbocycles. The molecule has 0 saturated carbocycles. The van der Waals surface area contributed by atoms with E-state index in [9.17, 15) is 13.2 Å². The van der Waals surface area contributed by atoms with Crippen LogP contribution in [-0.4, -0.2) is 33.1 Å². The summed E-state index contributed by atoms with van der Waals surface area (Å²) in [7, 11) is -2.41. The Morgan fingerprint density at radius 2 is 2.05 bits per heavy atom. The number of ether oxygens (including phenoxy) is 1. The number of rotatable bonds is 6. The van der Waals surface area contributed by atoms with E-state index < -0.39 is 16.0 Å². The SMILES string of the molecule is CNS(=O)(=O)c1ccc(OCC(C)C)c(C(=O)O)c1. The minimum atomic E-state index is -3.67. The van der Waals surface area contributed by atoms with Gasteiger partial charge in [0.15, 0.2) is 0 Å². The normalized spacial score (nSPS) is 11.6. The van der Waals surface area contributed by atoms with Crippen molar-refractivity contribution in [3.05, 3.63) is 23.8 Å². The Morgan fingerprint density at radius 3 is 2.53 bits per heavy atom. The second-order valence-electron chi connectivity index (χ2n) is 4.38. The number of hydrogen-bond donors (Lipinski definition) is 2. The van der Waals surface area contributed by atoms with E-state index in [1.54, 1.807) is 0 Å². The van der Waals surface area contributed by atoms with Crippen LogP contribution in [0.25, 0.3) is 0 Å². The Morgan fingerprint density at radius 1 is 1.42 bits per heavy atom. The number of sulfonamides is 1. The van der Waals surface area contributed by atoms with Crippen molar-refractivity contribution in [1.82, 2.24) is 4.72 Å². The Kier molecular flexibility index (Phi) is 4.90. The van der Waals surface area contributed by atoms with Crippen molar-refractivity contribution in [2.24, 2.45) is 5.92 Å². The fraction of sp³-hybridized carbons (Fsp3) is 0.417. The molecule has 0 spiro atoms. The van der Waals surface area contributed by atoms with Crippen molar-refractivity contribution < 1.29 is 23.1 Å². The summed E-state index contributed by atoms with van der Waals surface area (Å²) in [4.78, 5) is 11.0. The van der Waals surface area contributed by atoms with E-state index >= 15 is 0 Å². The molecule has 0 fully saturated rings. The fourth-order valence-electron chi connectivity index (χ4n) is 1.34. The molecule has 0 amide bonds. The zero-order chi connectivity index (χ0) is 14.6. The van der Waals surface area contributed by atoms with Gasteiger partial charge >= 0.3 is 5.97 Å². The number of carboxylic acid groups (broad SMARTS) is 1. The van der Waals surface area contributed by atoms with Crippen molar-refractivity contribution in [3.63, 3.8) is 0 Å². The second kappa shape index (κ2) is 6.03. The third-order valence-electron chi connectivity index (χ3n) is 2.33. The monoisotopic (exact) mass is 287 g/mol. The van der Waals surface area contributed by atoms with Crippen LogP contribution in [0.5, 0.6) is 5.75 Å². The summed E-state index contributed by atoms with van der Waals surface area (Å²) in [5.41, 5.74) is -0.169. The quantitative estimate of drug-likeness (QED) is 0.823. The fourth-order valence-corrected chi connectivity index (χ4v) is 2.10. The molecule has 1 aromatic rings. The molecule has 0 bridgehead atoms. The summed E-state index contributed by atoms with van der Waals surface area (Å²) in [5, 5.41) is 9.10. The topological polar surface area (TPSA) is 92.7 Å². The molecular formula is C12H17NO5S. The number of carbonyl (C=O) groups is 1. The van der Waals surface area contributed by atoms with Crippen molar-refractivity contribution in [3.8, 4) is 5.75 Å². The average molecular weight is 287 g/mol. The molecule has 0 heterocycles. The lowest BCUT2D eigenvalue weighted by atomic mass is 10.2. The predicted octanol–water partition coefficient (Wildman–Crippen LogP) is 1.33. The molecule has 0 aliphatic rings. The van der Waals surface area contributed by atoms with Crippen LogP contribution < -0.4 is 9.46 Å². The van der Waals surface area contributed by atoms with E-state index in [0.717, 1.165) is 6.07 Å². The summed E-state index contributed by atoms with van der Waals surface area (Å²) >= 11 is 0. The van der Waals surface area contributed by atoms with Gasteiger partial charge in [0, 0.05) is 0 Å². The molecule has 0 aliphatic carbocycles. The van der Waals surface area contributed by atoms with Gasteiger partial charge in [-0.1, -0.05) is 13.8 Å². The second-order valence-corrected chi connectivity index (χ2v) is 6.26. The van der Waals surface area contributed by atoms with Gasteiger partial charge in [0.25, 0.3) is 0 Å². The number of aromatic carboxylic acids is 1. The van der Waals surface area contributed by atoms with Gasteiger partial charge in [0.05, 0.1) is 11.5 Å². The van der Waals surface area contributed by atoms with E-state index in [0.29, 0.717) is 6.61 Å². The minimum Gasteiger partial charge on any atom is -0.492 e. The van der Waals surface area contributed by atoms with Crippen LogP contribution in [0.2, 0.25) is 0 Å². The Bertz CT molecular complexity index is 565. The van der Waals surface area contributed by atoms with Gasteiger partial charge in [-0.15, -0.1) is 0 Å². The minimum absolute atomic E-state index is 0.107. The van der Waals surface area contributed by atoms with Crippen LogP contribution in [-0.2, 0) is 10.0 Å². The van der Waals surface area contributed by atoms with Crippen molar-refractivity contribution in [2.75, 3.05) is 13.7 Å². The molecular weight excluding hydrogens is 270 g/mol. The zero-order valence-corrected chi connectivity index (χ0v) is 11.8. The first-order valence-corrected chi connectivity index (χ1v) is 7.20. The van der Waals surface area contributed by atoms with Gasteiger partial charge in [-0.2, -0.15) is 0 Å². The maximum atomic E-state index is 11.6. The molecule has 7 heteroatoms. The summed E-state index contributed by atoms with van der Waals surface area (Å²) in [5.74, 6) is -0.828. The van der Waals surface area contributed by atoms with E-state index in [-0.39, 0.29) is 22.1 Å². The van der Waals surface area contributed by atoms with Crippen LogP contribution in [0.4, 0.5) is 0 Å². The van der Waals surface area contributed by atoms with Gasteiger partial charge in [-0.25, -0.2) is 17.9 Å². The first kappa shape index (κ1) is 15.5. The largest absolute Gasteiger partial charge is 0.492 e. The van der Waals surface area contributed by atoms with Crippen molar-refractivity contribution >= 4 is 16.0 Å². The van der Waals surface area contributed by atoms with E-state index in [1.165, 1.54) is 19.2 Å². The lowest BCUT2D eigenvalue weighted by molar-refractivity contribution is 0.0691. The van der Waals surface area contributed by atoms with Gasteiger partial charge in [-0.05, 0) is 31.2 Å². The zero-order valence-electron chi connectivity index (χ0n) is 11.0. The highest BCUT2D eigenvalue weighted by atomic mass is 32.2. The molecule has 0 saturated heterocycles. The number of hydrogen-bond acceptors (Lipinski definition) is 4. The van der Waals surface area contributed by atoms with Crippen molar-refractivity contribution in [2.45, 2.75) is 18.7 Å². The maximum Gasteiger partial charge on any atom is 0.339 e. The van der Waals surface area contributed by atoms with Crippen LogP contribution in [0, 0.1) is 5.92 Å². The first-order chi connectivity index (χ1) is 8.77. The van der Waals surface area contributed by atoms with Gasteiger partial charge in [0.1, 0.15) is 11.3 Å². The third kappa shape index (κ3) is 3.93. The van der Waals surface area contributed by atoms with E-state index in [1.807, 2.05) is 13.8 Å². The summed E-state index contributed by atoms with van der Waals surface area (Å²) in [6.45, 7) is 4.22. The van der Waals surface area contributed by atoms with E-state index in [4.69, 9.17) is 9.84 Å². The first-order valence-electron chi connectivity index (χ1n) is 5.71. The van der Waals surface area contributed by atoms with Crippen LogP contribution in [0.1, 0.15) is 24.2 Å². The molecule has 106 valence electrons. The summed E-state index contributed by atoms with van der Waals surface area (Å²) in [6, 6.07) is 3.76. The Balaban J connectivity index is 3.19. The number of carboxylic acids is 1. The molecule has 6 nitrogen and oxygen atoms in total. The highest BCUT2D eigenvalue weighted by molar-refractivity contribution is 7.89. The smallest absolute Gasteiger partial charge is 0.339 e. The molecule has 19 heavy (non-hydrogen) atoms. The lowest BCUT2D eigenvalue weighted by Gasteiger charge is -2.12. The van der Waals surface area contributed by atoms with Crippen molar-refractivity contribution in [1.29, 1.82) is 0 Å². The Hall–Kier alpha value is -1.60. The highest BCUT2D eigenvalue weighted by Crippen LogP contribution is 2.23. The standard InChI is InChI=1S/C12H17NO5S/c1-8(2)7-18-11-5-4-9(19(16,17)13-3)6-10(11)12(14)15/h4-6,8,13H,7H2,1-3H3,(H,14,15). The lowest BCUT2D eigenvalue weighted by Crippen LogP contribution is -2.19. The Labute approximate surface area is 112 Å². The van der Waals surface area contributed by atoms with Crippen LogP contribution in [0.15, 0.2) is 23.1 Å². The molecule has 0 unspecified atom stereocenters. The molecule has 2 N–H and O–H groups in total. The molecule has 0 aromatic heterocycles.